The van der Waals surface area contributed by atoms with Gasteiger partial charge in [0.05, 0.1) is 18.0 Å². The number of hydrogen-bond donors (Lipinski definition) is 2. The lowest BCUT2D eigenvalue weighted by atomic mass is 10.1. The van der Waals surface area contributed by atoms with Crippen molar-refractivity contribution in [2.75, 3.05) is 32.1 Å². The van der Waals surface area contributed by atoms with E-state index in [9.17, 15) is 8.42 Å². The molecule has 0 bridgehead atoms. The van der Waals surface area contributed by atoms with Crippen molar-refractivity contribution in [1.29, 1.82) is 0 Å². The molecular weight excluding hydrogens is 388 g/mol. The van der Waals surface area contributed by atoms with Crippen LogP contribution in [-0.4, -0.2) is 69.7 Å². The molecule has 1 aliphatic heterocycles. The minimum absolute atomic E-state index is 0.0246. The first-order valence-electron chi connectivity index (χ1n) is 10.2. The van der Waals surface area contributed by atoms with E-state index in [-0.39, 0.29) is 24.0 Å². The molecule has 0 amide bonds. The second-order valence-electron chi connectivity index (χ2n) is 8.16. The molecule has 1 aromatic carbocycles. The van der Waals surface area contributed by atoms with Gasteiger partial charge in [-0.1, -0.05) is 24.3 Å². The fourth-order valence-electron chi connectivity index (χ4n) is 3.51. The molecule has 29 heavy (non-hydrogen) atoms. The molecule has 0 radical (unpaired) electrons. The summed E-state index contributed by atoms with van der Waals surface area (Å²) >= 11 is 0. The Bertz CT molecular complexity index is 755. The number of sulfone groups is 1. The highest BCUT2D eigenvalue weighted by atomic mass is 32.2. The number of aliphatic imine (C=N–C) groups is 1. The van der Waals surface area contributed by atoms with Gasteiger partial charge in [0.1, 0.15) is 9.84 Å². The number of hydrogen-bond acceptors (Lipinski definition) is 5. The second-order valence-corrected chi connectivity index (χ2v) is 10.4. The maximum atomic E-state index is 11.3. The van der Waals surface area contributed by atoms with E-state index in [2.05, 4.69) is 58.6 Å². The molecule has 164 valence electrons. The highest BCUT2D eigenvalue weighted by molar-refractivity contribution is 7.90. The topological polar surface area (TPSA) is 83.0 Å². The molecule has 2 N–H and O–H groups in total. The standard InChI is InChI=1S/C21H36N4O3S/c1-16(10-11-29(5,26)27)24-21(22-4)23-12-19-6-8-20(9-7-19)15-25-13-17(2)28-18(3)14-25/h6-9,16-18H,10-15H2,1-5H3,(H2,22,23,24). The number of nitrogens with zero attached hydrogens (tertiary/aromatic N) is 2. The zero-order valence-corrected chi connectivity index (χ0v) is 19.1. The zero-order valence-electron chi connectivity index (χ0n) is 18.3. The Hall–Kier alpha value is -1.64. The molecule has 1 aromatic rings. The fourth-order valence-corrected chi connectivity index (χ4v) is 4.29. The first-order valence-corrected chi connectivity index (χ1v) is 12.3. The largest absolute Gasteiger partial charge is 0.373 e. The van der Waals surface area contributed by atoms with E-state index in [1.165, 1.54) is 17.4 Å². The number of guanidine groups is 1. The van der Waals surface area contributed by atoms with E-state index >= 15 is 0 Å². The molecule has 3 atom stereocenters. The molecule has 1 saturated heterocycles. The summed E-state index contributed by atoms with van der Waals surface area (Å²) in [4.78, 5) is 6.66. The second kappa shape index (κ2) is 10.9. The Morgan fingerprint density at radius 1 is 1.21 bits per heavy atom. The Morgan fingerprint density at radius 2 is 1.79 bits per heavy atom. The summed E-state index contributed by atoms with van der Waals surface area (Å²) < 4.78 is 28.4. The van der Waals surface area contributed by atoms with Gasteiger partial charge in [0.25, 0.3) is 0 Å². The first-order chi connectivity index (χ1) is 13.6. The van der Waals surface area contributed by atoms with Gasteiger partial charge in [-0.25, -0.2) is 8.42 Å². The van der Waals surface area contributed by atoms with Crippen LogP contribution in [0.4, 0.5) is 0 Å². The van der Waals surface area contributed by atoms with Crippen molar-refractivity contribution in [3.05, 3.63) is 35.4 Å². The summed E-state index contributed by atoms with van der Waals surface area (Å²) in [6, 6.07) is 8.64. The minimum atomic E-state index is -2.95. The number of nitrogens with one attached hydrogen (secondary N) is 2. The van der Waals surface area contributed by atoms with Gasteiger partial charge in [-0.2, -0.15) is 0 Å². The Labute approximate surface area is 175 Å². The van der Waals surface area contributed by atoms with Crippen LogP contribution < -0.4 is 10.6 Å². The van der Waals surface area contributed by atoms with Crippen molar-refractivity contribution in [3.8, 4) is 0 Å². The van der Waals surface area contributed by atoms with E-state index < -0.39 is 9.84 Å². The zero-order chi connectivity index (χ0) is 21.4. The molecule has 1 heterocycles. The van der Waals surface area contributed by atoms with E-state index in [0.29, 0.717) is 18.9 Å². The number of rotatable bonds is 8. The molecule has 8 heteroatoms. The molecule has 3 unspecified atom stereocenters. The van der Waals surface area contributed by atoms with Gasteiger partial charge in [-0.15, -0.1) is 0 Å². The predicted octanol–water partition coefficient (Wildman–Crippen LogP) is 1.78. The Kier molecular flexibility index (Phi) is 8.92. The third kappa shape index (κ3) is 9.14. The van der Waals surface area contributed by atoms with E-state index in [1.807, 2.05) is 6.92 Å². The highest BCUT2D eigenvalue weighted by Gasteiger charge is 2.21. The van der Waals surface area contributed by atoms with Crippen molar-refractivity contribution < 1.29 is 13.2 Å². The monoisotopic (exact) mass is 424 g/mol. The van der Waals surface area contributed by atoms with Crippen molar-refractivity contribution in [1.82, 2.24) is 15.5 Å². The van der Waals surface area contributed by atoms with Crippen LogP contribution in [0.2, 0.25) is 0 Å². The molecule has 1 aliphatic rings. The molecule has 7 nitrogen and oxygen atoms in total. The van der Waals surface area contributed by atoms with E-state index in [1.54, 1.807) is 7.05 Å². The first kappa shape index (κ1) is 23.6. The fraction of sp³-hybridized carbons (Fsp3) is 0.667. The van der Waals surface area contributed by atoms with Crippen LogP contribution in [0.3, 0.4) is 0 Å². The summed E-state index contributed by atoms with van der Waals surface area (Å²) in [5, 5.41) is 6.53. The van der Waals surface area contributed by atoms with Gasteiger partial charge in [0, 0.05) is 45.5 Å². The van der Waals surface area contributed by atoms with Gasteiger partial charge in [-0.05, 0) is 38.3 Å². The lowest BCUT2D eigenvalue weighted by Crippen LogP contribution is -2.44. The molecule has 0 saturated carbocycles. The summed E-state index contributed by atoms with van der Waals surface area (Å²) in [5.74, 6) is 0.840. The molecular formula is C21H36N4O3S. The number of benzene rings is 1. The Morgan fingerprint density at radius 3 is 2.34 bits per heavy atom. The third-order valence-electron chi connectivity index (χ3n) is 4.91. The lowest BCUT2D eigenvalue weighted by Gasteiger charge is -2.35. The quantitative estimate of drug-likeness (QED) is 0.489. The van der Waals surface area contributed by atoms with E-state index in [4.69, 9.17) is 4.74 Å². The van der Waals surface area contributed by atoms with Crippen molar-refractivity contribution in [3.63, 3.8) is 0 Å². The van der Waals surface area contributed by atoms with Crippen LogP contribution in [0, 0.1) is 0 Å². The van der Waals surface area contributed by atoms with Gasteiger partial charge >= 0.3 is 0 Å². The predicted molar refractivity (Wildman–Crippen MR) is 119 cm³/mol. The van der Waals surface area contributed by atoms with Crippen LogP contribution in [0.1, 0.15) is 38.3 Å². The molecule has 2 rings (SSSR count). The van der Waals surface area contributed by atoms with Gasteiger partial charge in [0.15, 0.2) is 5.96 Å². The number of morpholine rings is 1. The molecule has 0 spiro atoms. The SMILES string of the molecule is CN=C(NCc1ccc(CN2CC(C)OC(C)C2)cc1)NC(C)CCS(C)(=O)=O. The lowest BCUT2D eigenvalue weighted by molar-refractivity contribution is -0.0704. The number of ether oxygens (including phenoxy) is 1. The third-order valence-corrected chi connectivity index (χ3v) is 5.89. The normalized spacial score (nSPS) is 22.3. The van der Waals surface area contributed by atoms with Crippen molar-refractivity contribution in [2.45, 2.75) is 58.5 Å². The van der Waals surface area contributed by atoms with Crippen molar-refractivity contribution >= 4 is 15.8 Å². The molecule has 1 fully saturated rings. The molecule has 0 aliphatic carbocycles. The molecule has 0 aromatic heterocycles. The maximum Gasteiger partial charge on any atom is 0.191 e. The smallest absolute Gasteiger partial charge is 0.191 e. The van der Waals surface area contributed by atoms with E-state index in [0.717, 1.165) is 19.6 Å². The average Bonchev–Trinajstić information content (AvgIpc) is 2.63. The van der Waals surface area contributed by atoms with Crippen LogP contribution in [-0.2, 0) is 27.7 Å². The van der Waals surface area contributed by atoms with Crippen LogP contribution in [0.5, 0.6) is 0 Å². The summed E-state index contributed by atoms with van der Waals surface area (Å²) in [6.45, 7) is 9.73. The van der Waals surface area contributed by atoms with Crippen LogP contribution in [0.15, 0.2) is 29.3 Å². The van der Waals surface area contributed by atoms with Crippen LogP contribution in [0.25, 0.3) is 0 Å². The maximum absolute atomic E-state index is 11.3. The minimum Gasteiger partial charge on any atom is -0.373 e. The van der Waals surface area contributed by atoms with Crippen molar-refractivity contribution in [2.24, 2.45) is 4.99 Å². The summed E-state index contributed by atoms with van der Waals surface area (Å²) in [7, 11) is -1.23. The summed E-state index contributed by atoms with van der Waals surface area (Å²) in [5.41, 5.74) is 2.47. The van der Waals surface area contributed by atoms with Gasteiger partial charge in [-0.3, -0.25) is 9.89 Å². The Balaban J connectivity index is 1.79. The highest BCUT2D eigenvalue weighted by Crippen LogP contribution is 2.14. The van der Waals surface area contributed by atoms with Gasteiger partial charge in [0.2, 0.25) is 0 Å². The van der Waals surface area contributed by atoms with Gasteiger partial charge < -0.3 is 15.4 Å². The summed E-state index contributed by atoms with van der Waals surface area (Å²) in [6.07, 6.45) is 2.37. The average molecular weight is 425 g/mol. The van der Waals surface area contributed by atoms with Crippen LogP contribution >= 0.6 is 0 Å².